The van der Waals surface area contributed by atoms with Gasteiger partial charge in [-0.3, -0.25) is 4.98 Å². The summed E-state index contributed by atoms with van der Waals surface area (Å²) in [5.41, 5.74) is 3.93. The summed E-state index contributed by atoms with van der Waals surface area (Å²) in [6, 6.07) is 1.87. The van der Waals surface area contributed by atoms with Gasteiger partial charge in [0.25, 0.3) is 0 Å². The molecule has 0 spiro atoms. The van der Waals surface area contributed by atoms with Gasteiger partial charge in [-0.2, -0.15) is 0 Å². The lowest BCUT2D eigenvalue weighted by Gasteiger charge is -2.29. The van der Waals surface area contributed by atoms with Crippen molar-refractivity contribution >= 4 is 11.7 Å². The molecule has 0 aliphatic carbocycles. The maximum atomic E-state index is 11.4. The number of carboxylic acids is 1. The number of rotatable bonds is 2. The summed E-state index contributed by atoms with van der Waals surface area (Å²) in [6.45, 7) is 7.40. The van der Waals surface area contributed by atoms with E-state index in [1.807, 2.05) is 13.0 Å². The Bertz CT molecular complexity index is 521. The molecule has 0 bridgehead atoms. The molecule has 0 amide bonds. The number of hydrogen-bond acceptors (Lipinski definition) is 3. The fourth-order valence-electron chi connectivity index (χ4n) is 2.31. The van der Waals surface area contributed by atoms with Crippen LogP contribution in [-0.4, -0.2) is 29.1 Å². The van der Waals surface area contributed by atoms with Crippen LogP contribution >= 0.6 is 0 Å². The van der Waals surface area contributed by atoms with E-state index in [-0.39, 0.29) is 0 Å². The van der Waals surface area contributed by atoms with Crippen molar-refractivity contribution in [2.75, 3.05) is 18.0 Å². The van der Waals surface area contributed by atoms with Crippen LogP contribution in [-0.2, 0) is 0 Å². The minimum atomic E-state index is -0.902. The largest absolute Gasteiger partial charge is 0.478 e. The Kier molecular flexibility index (Phi) is 3.36. The van der Waals surface area contributed by atoms with Crippen molar-refractivity contribution in [2.24, 2.45) is 0 Å². The summed E-state index contributed by atoms with van der Waals surface area (Å²) < 4.78 is 0. The number of carboxylic acid groups (broad SMARTS) is 1. The Hall–Kier alpha value is -1.84. The molecule has 0 radical (unpaired) electrons. The monoisotopic (exact) mass is 246 g/mol. The van der Waals surface area contributed by atoms with Crippen molar-refractivity contribution in [3.05, 3.63) is 34.7 Å². The van der Waals surface area contributed by atoms with Crippen molar-refractivity contribution in [1.82, 2.24) is 4.98 Å². The number of hydrogen-bond donors (Lipinski definition) is 1. The lowest BCUT2D eigenvalue weighted by molar-refractivity contribution is 0.0696. The molecule has 96 valence electrons. The normalized spacial score (nSPS) is 15.5. The Balaban J connectivity index is 2.46. The Labute approximate surface area is 107 Å². The van der Waals surface area contributed by atoms with Gasteiger partial charge in [0.05, 0.1) is 11.4 Å². The van der Waals surface area contributed by atoms with Crippen LogP contribution in [0, 0.1) is 13.8 Å². The molecule has 18 heavy (non-hydrogen) atoms. The molecule has 0 atom stereocenters. The van der Waals surface area contributed by atoms with Crippen molar-refractivity contribution in [1.29, 1.82) is 0 Å². The number of aryl methyl sites for hydroxylation is 2. The van der Waals surface area contributed by atoms with Crippen molar-refractivity contribution in [3.8, 4) is 0 Å². The third kappa shape index (κ3) is 2.37. The third-order valence-corrected chi connectivity index (χ3v) is 3.30. The standard InChI is InChI=1S/C14H18N2O2/c1-9-4-6-16(7-5-9)12-8-10(2)15-11(3)13(12)14(17)18/h4,8H,5-7H2,1-3H3,(H,17,18). The highest BCUT2D eigenvalue weighted by molar-refractivity contribution is 5.95. The Morgan fingerprint density at radius 3 is 2.67 bits per heavy atom. The van der Waals surface area contributed by atoms with Gasteiger partial charge in [0, 0.05) is 18.8 Å². The van der Waals surface area contributed by atoms with E-state index < -0.39 is 5.97 Å². The second kappa shape index (κ2) is 4.80. The van der Waals surface area contributed by atoms with Gasteiger partial charge in [-0.1, -0.05) is 11.6 Å². The summed E-state index contributed by atoms with van der Waals surface area (Å²) in [5, 5.41) is 9.34. The Morgan fingerprint density at radius 2 is 2.11 bits per heavy atom. The first-order valence-electron chi connectivity index (χ1n) is 6.11. The van der Waals surface area contributed by atoms with Gasteiger partial charge < -0.3 is 10.0 Å². The first-order chi connectivity index (χ1) is 8.49. The fourth-order valence-corrected chi connectivity index (χ4v) is 2.31. The second-order valence-corrected chi connectivity index (χ2v) is 4.79. The second-order valence-electron chi connectivity index (χ2n) is 4.79. The van der Waals surface area contributed by atoms with E-state index in [4.69, 9.17) is 0 Å². The van der Waals surface area contributed by atoms with E-state index in [0.717, 1.165) is 30.9 Å². The highest BCUT2D eigenvalue weighted by atomic mass is 16.4. The van der Waals surface area contributed by atoms with Gasteiger partial charge in [0.2, 0.25) is 0 Å². The molecule has 0 aromatic carbocycles. The number of anilines is 1. The fraction of sp³-hybridized carbons (Fsp3) is 0.429. The van der Waals surface area contributed by atoms with Crippen molar-refractivity contribution < 1.29 is 9.90 Å². The smallest absolute Gasteiger partial charge is 0.339 e. The van der Waals surface area contributed by atoms with Crippen molar-refractivity contribution in [2.45, 2.75) is 27.2 Å². The van der Waals surface area contributed by atoms with Crippen LogP contribution in [0.4, 0.5) is 5.69 Å². The van der Waals surface area contributed by atoms with Crippen LogP contribution in [0.1, 0.15) is 35.1 Å². The lowest BCUT2D eigenvalue weighted by Crippen LogP contribution is -2.30. The number of aromatic nitrogens is 1. The van der Waals surface area contributed by atoms with Crippen LogP contribution in [0.15, 0.2) is 17.7 Å². The summed E-state index contributed by atoms with van der Waals surface area (Å²) >= 11 is 0. The summed E-state index contributed by atoms with van der Waals surface area (Å²) in [4.78, 5) is 17.7. The van der Waals surface area contributed by atoms with E-state index in [1.54, 1.807) is 6.92 Å². The maximum Gasteiger partial charge on any atom is 0.339 e. The van der Waals surface area contributed by atoms with Crippen LogP contribution in [0.25, 0.3) is 0 Å². The predicted octanol–water partition coefficient (Wildman–Crippen LogP) is 2.55. The summed E-state index contributed by atoms with van der Waals surface area (Å²) in [7, 11) is 0. The topological polar surface area (TPSA) is 53.4 Å². The zero-order valence-electron chi connectivity index (χ0n) is 11.0. The van der Waals surface area contributed by atoms with Gasteiger partial charge in [0.1, 0.15) is 5.56 Å². The zero-order valence-corrected chi connectivity index (χ0v) is 11.0. The third-order valence-electron chi connectivity index (χ3n) is 3.30. The molecule has 4 nitrogen and oxygen atoms in total. The number of aromatic carboxylic acids is 1. The molecule has 1 aliphatic rings. The molecular weight excluding hydrogens is 228 g/mol. The van der Waals surface area contributed by atoms with Gasteiger partial charge in [-0.15, -0.1) is 0 Å². The highest BCUT2D eigenvalue weighted by Gasteiger charge is 2.20. The molecule has 2 heterocycles. The SMILES string of the molecule is CC1=CCN(c2cc(C)nc(C)c2C(=O)O)CC1. The first kappa shape index (κ1) is 12.6. The number of nitrogens with zero attached hydrogens (tertiary/aromatic N) is 2. The minimum Gasteiger partial charge on any atom is -0.478 e. The molecule has 0 saturated heterocycles. The van der Waals surface area contributed by atoms with Crippen molar-refractivity contribution in [3.63, 3.8) is 0 Å². The molecule has 0 unspecified atom stereocenters. The van der Waals surface area contributed by atoms with E-state index in [2.05, 4.69) is 22.9 Å². The van der Waals surface area contributed by atoms with Crippen LogP contribution < -0.4 is 4.90 Å². The molecule has 1 aromatic heterocycles. The van der Waals surface area contributed by atoms with Crippen LogP contribution in [0.2, 0.25) is 0 Å². The summed E-state index contributed by atoms with van der Waals surface area (Å²) in [6.07, 6.45) is 3.14. The quantitative estimate of drug-likeness (QED) is 0.815. The minimum absolute atomic E-state index is 0.327. The van der Waals surface area contributed by atoms with Crippen LogP contribution in [0.3, 0.4) is 0 Å². The molecule has 4 heteroatoms. The van der Waals surface area contributed by atoms with E-state index >= 15 is 0 Å². The average Bonchev–Trinajstić information content (AvgIpc) is 2.28. The van der Waals surface area contributed by atoms with E-state index in [9.17, 15) is 9.90 Å². The molecule has 2 rings (SSSR count). The van der Waals surface area contributed by atoms with Gasteiger partial charge >= 0.3 is 5.97 Å². The van der Waals surface area contributed by atoms with Gasteiger partial charge in [-0.25, -0.2) is 4.79 Å². The zero-order chi connectivity index (χ0) is 13.3. The number of pyridine rings is 1. The first-order valence-corrected chi connectivity index (χ1v) is 6.11. The summed E-state index contributed by atoms with van der Waals surface area (Å²) in [5.74, 6) is -0.902. The maximum absolute atomic E-state index is 11.4. The molecule has 1 N–H and O–H groups in total. The van der Waals surface area contributed by atoms with Gasteiger partial charge in [0.15, 0.2) is 0 Å². The van der Waals surface area contributed by atoms with E-state index in [0.29, 0.717) is 11.3 Å². The molecule has 0 saturated carbocycles. The highest BCUT2D eigenvalue weighted by Crippen LogP contribution is 2.26. The molecular formula is C14H18N2O2. The Morgan fingerprint density at radius 1 is 1.39 bits per heavy atom. The molecule has 1 aliphatic heterocycles. The van der Waals surface area contributed by atoms with Crippen LogP contribution in [0.5, 0.6) is 0 Å². The molecule has 1 aromatic rings. The predicted molar refractivity (Wildman–Crippen MR) is 71.3 cm³/mol. The number of carbonyl (C=O) groups is 1. The molecule has 0 fully saturated rings. The van der Waals surface area contributed by atoms with Gasteiger partial charge in [-0.05, 0) is 33.3 Å². The van der Waals surface area contributed by atoms with E-state index in [1.165, 1.54) is 5.57 Å². The lowest BCUT2D eigenvalue weighted by atomic mass is 10.1. The average molecular weight is 246 g/mol.